The summed E-state index contributed by atoms with van der Waals surface area (Å²) in [5.41, 5.74) is 5.87. The van der Waals surface area contributed by atoms with Gasteiger partial charge in [-0.15, -0.1) is 0 Å². The molecule has 1 atom stereocenters. The van der Waals surface area contributed by atoms with E-state index in [1.165, 1.54) is 38.9 Å². The molecule has 2 amide bonds. The molecule has 3 aromatic rings. The van der Waals surface area contributed by atoms with Gasteiger partial charge in [-0.05, 0) is 48.4 Å². The minimum Gasteiger partial charge on any atom is -0.378 e. The maximum Gasteiger partial charge on any atom is 0.303 e. The zero-order valence-electron chi connectivity index (χ0n) is 23.8. The summed E-state index contributed by atoms with van der Waals surface area (Å²) in [4.78, 5) is 28.9. The van der Waals surface area contributed by atoms with Crippen molar-refractivity contribution in [2.24, 2.45) is 5.92 Å². The Morgan fingerprint density at radius 1 is 1.00 bits per heavy atom. The molecule has 218 valence electrons. The van der Waals surface area contributed by atoms with Crippen LogP contribution >= 0.6 is 0 Å². The number of ether oxygens (including phenoxy) is 1. The number of morpholine rings is 1. The van der Waals surface area contributed by atoms with Gasteiger partial charge in [-0.2, -0.15) is 12.7 Å². The van der Waals surface area contributed by atoms with Gasteiger partial charge in [0.15, 0.2) is 0 Å². The lowest BCUT2D eigenvalue weighted by molar-refractivity contribution is -0.140. The van der Waals surface area contributed by atoms with Crippen molar-refractivity contribution < 1.29 is 22.7 Å². The quantitative estimate of drug-likeness (QED) is 0.495. The molecule has 10 heteroatoms. The lowest BCUT2D eigenvalue weighted by atomic mass is 9.81. The van der Waals surface area contributed by atoms with Crippen molar-refractivity contribution in [3.05, 3.63) is 59.2 Å². The molecule has 0 bridgehead atoms. The van der Waals surface area contributed by atoms with Gasteiger partial charge in [-0.3, -0.25) is 9.59 Å². The summed E-state index contributed by atoms with van der Waals surface area (Å²) in [5, 5.41) is 1.08. The number of carbonyl (C=O) groups is 2. The number of amides is 2. The monoisotopic (exact) mass is 578 g/mol. The first kappa shape index (κ1) is 27.9. The van der Waals surface area contributed by atoms with Crippen molar-refractivity contribution in [1.29, 1.82) is 0 Å². The van der Waals surface area contributed by atoms with Crippen LogP contribution in [0.2, 0.25) is 0 Å². The van der Waals surface area contributed by atoms with Crippen molar-refractivity contribution in [2.75, 3.05) is 40.4 Å². The van der Waals surface area contributed by atoms with Crippen molar-refractivity contribution in [3.8, 4) is 11.3 Å². The van der Waals surface area contributed by atoms with Crippen molar-refractivity contribution in [3.63, 3.8) is 0 Å². The Labute approximate surface area is 241 Å². The molecule has 3 aliphatic rings. The van der Waals surface area contributed by atoms with E-state index in [4.69, 9.17) is 4.74 Å². The lowest BCUT2D eigenvalue weighted by Gasteiger charge is -2.30. The average Bonchev–Trinajstić information content (AvgIpc) is 3.19. The minimum absolute atomic E-state index is 0.128. The second-order valence-electron chi connectivity index (χ2n) is 11.7. The van der Waals surface area contributed by atoms with Gasteiger partial charge in [-0.1, -0.05) is 49.6 Å². The van der Waals surface area contributed by atoms with Crippen LogP contribution in [0, 0.1) is 5.92 Å². The summed E-state index contributed by atoms with van der Waals surface area (Å²) in [6.45, 7) is 2.77. The van der Waals surface area contributed by atoms with Gasteiger partial charge >= 0.3 is 10.2 Å². The smallest absolute Gasteiger partial charge is 0.303 e. The van der Waals surface area contributed by atoms with Crippen LogP contribution in [0.5, 0.6) is 0 Å². The maximum absolute atomic E-state index is 13.9. The molecule has 2 fully saturated rings. The number of rotatable bonds is 5. The van der Waals surface area contributed by atoms with E-state index in [9.17, 15) is 18.0 Å². The van der Waals surface area contributed by atoms with Crippen molar-refractivity contribution in [1.82, 2.24) is 18.5 Å². The van der Waals surface area contributed by atoms with Crippen LogP contribution in [0.4, 0.5) is 0 Å². The van der Waals surface area contributed by atoms with Crippen LogP contribution in [0.3, 0.4) is 0 Å². The Kier molecular flexibility index (Phi) is 7.65. The van der Waals surface area contributed by atoms with E-state index in [1.54, 1.807) is 12.1 Å². The van der Waals surface area contributed by atoms with Crippen molar-refractivity contribution >= 4 is 32.9 Å². The topological polar surface area (TPSA) is 101 Å². The van der Waals surface area contributed by atoms with Gasteiger partial charge in [0.2, 0.25) is 5.91 Å². The number of carbonyl (C=O) groups excluding carboxylic acids is 2. The van der Waals surface area contributed by atoms with E-state index >= 15 is 0 Å². The Balaban J connectivity index is 1.52. The molecule has 1 N–H and O–H groups in total. The van der Waals surface area contributed by atoms with Crippen LogP contribution < -0.4 is 4.72 Å². The van der Waals surface area contributed by atoms with E-state index in [0.717, 1.165) is 44.9 Å². The van der Waals surface area contributed by atoms with Gasteiger partial charge in [-0.25, -0.2) is 4.72 Å². The highest BCUT2D eigenvalue weighted by molar-refractivity contribution is 7.87. The standard InChI is InChI=1S/C31H38N4O5S/c1-33(2)41(38,39)32-30(36)23-12-13-26-27(19-23)35-20-24(31(37)34-14-16-40-17-15-34)18-22-10-6-7-11-25(22)29(35)28(26)21-8-4-3-5-9-21/h6-7,10-13,19,21,24H,3-5,8-9,14-18,20H2,1-2H3,(H,32,36). The summed E-state index contributed by atoms with van der Waals surface area (Å²) in [6, 6.07) is 13.9. The fourth-order valence-corrected chi connectivity index (χ4v) is 7.29. The Morgan fingerprint density at radius 2 is 1.73 bits per heavy atom. The summed E-state index contributed by atoms with van der Waals surface area (Å²) in [6.07, 6.45) is 6.45. The molecule has 1 saturated heterocycles. The number of nitrogens with one attached hydrogen (secondary N) is 1. The van der Waals surface area contributed by atoms with Crippen LogP contribution in [-0.2, 0) is 32.7 Å². The van der Waals surface area contributed by atoms with E-state index < -0.39 is 16.1 Å². The lowest BCUT2D eigenvalue weighted by Crippen LogP contribution is -2.45. The molecule has 3 heterocycles. The molecular formula is C31H38N4O5S. The first-order valence-electron chi connectivity index (χ1n) is 14.6. The number of fused-ring (bicyclic) bond motifs is 5. The van der Waals surface area contributed by atoms with Gasteiger partial charge in [0, 0.05) is 55.8 Å². The molecule has 1 aliphatic carbocycles. The Bertz CT molecular complexity index is 1580. The fraction of sp³-hybridized carbons (Fsp3) is 0.484. The predicted octanol–water partition coefficient (Wildman–Crippen LogP) is 3.92. The summed E-state index contributed by atoms with van der Waals surface area (Å²) in [7, 11) is -1.18. The molecule has 1 unspecified atom stereocenters. The zero-order chi connectivity index (χ0) is 28.7. The highest BCUT2D eigenvalue weighted by Gasteiger charge is 2.35. The number of hydrogen-bond acceptors (Lipinski definition) is 5. The zero-order valence-corrected chi connectivity index (χ0v) is 24.6. The molecular weight excluding hydrogens is 540 g/mol. The Hall–Kier alpha value is -3.21. The summed E-state index contributed by atoms with van der Waals surface area (Å²) >= 11 is 0. The van der Waals surface area contributed by atoms with Gasteiger partial charge in [0.05, 0.1) is 24.8 Å². The normalized spacial score (nSPS) is 20.0. The number of aromatic nitrogens is 1. The third kappa shape index (κ3) is 5.29. The van der Waals surface area contributed by atoms with Gasteiger partial charge < -0.3 is 14.2 Å². The number of nitrogens with zero attached hydrogens (tertiary/aromatic N) is 3. The van der Waals surface area contributed by atoms with E-state index in [1.807, 2.05) is 17.0 Å². The van der Waals surface area contributed by atoms with Crippen molar-refractivity contribution in [2.45, 2.75) is 51.0 Å². The van der Waals surface area contributed by atoms with Crippen LogP contribution in [0.15, 0.2) is 42.5 Å². The summed E-state index contributed by atoms with van der Waals surface area (Å²) < 4.78 is 35.7. The minimum atomic E-state index is -3.94. The van der Waals surface area contributed by atoms with E-state index in [0.29, 0.717) is 45.2 Å². The van der Waals surface area contributed by atoms with Crippen LogP contribution in [-0.4, -0.2) is 74.4 Å². The molecule has 41 heavy (non-hydrogen) atoms. The number of benzene rings is 2. The van der Waals surface area contributed by atoms with Crippen LogP contribution in [0.1, 0.15) is 59.5 Å². The molecule has 9 nitrogen and oxygen atoms in total. The molecule has 2 aliphatic heterocycles. The largest absolute Gasteiger partial charge is 0.378 e. The molecule has 6 rings (SSSR count). The first-order valence-corrected chi connectivity index (χ1v) is 16.0. The van der Waals surface area contributed by atoms with Crippen LogP contribution in [0.25, 0.3) is 22.2 Å². The summed E-state index contributed by atoms with van der Waals surface area (Å²) in [5.74, 6) is -0.430. The number of hydrogen-bond donors (Lipinski definition) is 1. The highest BCUT2D eigenvalue weighted by Crippen LogP contribution is 2.46. The highest BCUT2D eigenvalue weighted by atomic mass is 32.2. The third-order valence-electron chi connectivity index (χ3n) is 8.90. The van der Waals surface area contributed by atoms with Gasteiger partial charge in [0.25, 0.3) is 5.91 Å². The molecule has 0 spiro atoms. The fourth-order valence-electron chi connectivity index (χ4n) is 6.76. The SMILES string of the molecule is CN(C)S(=O)(=O)NC(=O)c1ccc2c(C3CCCCC3)c3n(c2c1)CC(C(=O)N1CCOCC1)Cc1ccccc1-3. The predicted molar refractivity (Wildman–Crippen MR) is 158 cm³/mol. The molecule has 0 radical (unpaired) electrons. The van der Waals surface area contributed by atoms with E-state index in [-0.39, 0.29) is 17.4 Å². The average molecular weight is 579 g/mol. The second-order valence-corrected chi connectivity index (χ2v) is 13.5. The van der Waals surface area contributed by atoms with E-state index in [2.05, 4.69) is 27.5 Å². The maximum atomic E-state index is 13.9. The van der Waals surface area contributed by atoms with Gasteiger partial charge in [0.1, 0.15) is 0 Å². The molecule has 1 saturated carbocycles. The Morgan fingerprint density at radius 3 is 2.46 bits per heavy atom. The molecule has 2 aromatic carbocycles. The third-order valence-corrected chi connectivity index (χ3v) is 10.3. The first-order chi connectivity index (χ1) is 19.7. The second kappa shape index (κ2) is 11.2. The molecule has 1 aromatic heterocycles.